The van der Waals surface area contributed by atoms with Crippen LogP contribution in [-0.2, 0) is 12.8 Å². The van der Waals surface area contributed by atoms with Crippen molar-refractivity contribution in [2.75, 3.05) is 19.0 Å². The van der Waals surface area contributed by atoms with Crippen LogP contribution in [-0.4, -0.2) is 24.6 Å². The number of rotatable bonds is 6. The van der Waals surface area contributed by atoms with Crippen LogP contribution in [0.4, 0.5) is 5.69 Å². The van der Waals surface area contributed by atoms with Gasteiger partial charge in [0.1, 0.15) is 5.75 Å². The van der Waals surface area contributed by atoms with Crippen LogP contribution in [0.5, 0.6) is 5.75 Å². The van der Waals surface area contributed by atoms with Crippen molar-refractivity contribution in [3.8, 4) is 5.75 Å². The fraction of sp³-hybridized carbons (Fsp3) is 0.250. The Hall–Kier alpha value is -1.93. The van der Waals surface area contributed by atoms with Crippen LogP contribution in [0.3, 0.4) is 0 Å². The highest BCUT2D eigenvalue weighted by molar-refractivity contribution is 14.0. The van der Waals surface area contributed by atoms with Gasteiger partial charge in [-0.25, -0.2) is 0 Å². The van der Waals surface area contributed by atoms with Gasteiger partial charge in [-0.2, -0.15) is 0 Å². The Bertz CT molecular complexity index is 939. The first-order valence-corrected chi connectivity index (χ1v) is 8.98. The van der Waals surface area contributed by atoms with E-state index >= 15 is 0 Å². The molecule has 3 rings (SSSR count). The Kier molecular flexibility index (Phi) is 7.79. The lowest BCUT2D eigenvalue weighted by Crippen LogP contribution is -2.23. The third kappa shape index (κ3) is 5.07. The van der Waals surface area contributed by atoms with Gasteiger partial charge >= 0.3 is 0 Å². The summed E-state index contributed by atoms with van der Waals surface area (Å²) in [6.07, 6.45) is 3.89. The molecule has 4 N–H and O–H groups in total. The number of H-pyrrole nitrogens is 1. The standard InChI is InChI=1S/C20H23ClN4O.HI/c1-3-13-5-4-6-16-14(12-24-19(13)16)9-10-23-20(22)25-15-7-8-18(26-2)17(21)11-15;/h4-8,11-12,24H,3,9-10H2,1-2H3,(H3,22,23,25);1H. The highest BCUT2D eigenvalue weighted by Crippen LogP contribution is 2.27. The first-order chi connectivity index (χ1) is 12.6. The van der Waals surface area contributed by atoms with Crippen molar-refractivity contribution in [3.05, 3.63) is 58.7 Å². The molecular formula is C20H24ClIN4O. The van der Waals surface area contributed by atoms with Gasteiger partial charge in [0.25, 0.3) is 0 Å². The molecule has 0 aliphatic heterocycles. The molecule has 0 saturated heterocycles. The molecule has 0 amide bonds. The van der Waals surface area contributed by atoms with Crippen molar-refractivity contribution in [1.82, 2.24) is 4.98 Å². The minimum Gasteiger partial charge on any atom is -0.495 e. The van der Waals surface area contributed by atoms with Gasteiger partial charge in [-0.15, -0.1) is 24.0 Å². The molecule has 0 spiro atoms. The number of aromatic nitrogens is 1. The number of benzene rings is 2. The van der Waals surface area contributed by atoms with E-state index < -0.39 is 0 Å². The van der Waals surface area contributed by atoms with Crippen LogP contribution in [0.2, 0.25) is 5.02 Å². The Morgan fingerprint density at radius 1 is 1.26 bits per heavy atom. The van der Waals surface area contributed by atoms with Crippen LogP contribution in [0, 0.1) is 0 Å². The topological polar surface area (TPSA) is 75.4 Å². The fourth-order valence-corrected chi connectivity index (χ4v) is 3.26. The molecule has 144 valence electrons. The molecule has 0 bridgehead atoms. The lowest BCUT2D eigenvalue weighted by atomic mass is 10.1. The number of hydrogen-bond donors (Lipinski definition) is 3. The molecular weight excluding hydrogens is 475 g/mol. The summed E-state index contributed by atoms with van der Waals surface area (Å²) in [7, 11) is 1.58. The van der Waals surface area contributed by atoms with Gasteiger partial charge < -0.3 is 20.8 Å². The SMILES string of the molecule is CCc1cccc2c(CCN=C(N)Nc3ccc(OC)c(Cl)c3)c[nH]c12.I. The molecule has 0 aliphatic carbocycles. The summed E-state index contributed by atoms with van der Waals surface area (Å²) in [5, 5.41) is 4.83. The molecule has 7 heteroatoms. The number of aromatic amines is 1. The van der Waals surface area contributed by atoms with E-state index in [2.05, 4.69) is 46.6 Å². The van der Waals surface area contributed by atoms with Gasteiger partial charge in [0.15, 0.2) is 5.96 Å². The quantitative estimate of drug-likeness (QED) is 0.255. The molecule has 0 saturated carbocycles. The van der Waals surface area contributed by atoms with Gasteiger partial charge in [-0.05, 0) is 42.2 Å². The Morgan fingerprint density at radius 3 is 2.78 bits per heavy atom. The van der Waals surface area contributed by atoms with E-state index in [1.165, 1.54) is 22.0 Å². The predicted octanol–water partition coefficient (Wildman–Crippen LogP) is 4.98. The van der Waals surface area contributed by atoms with Crippen LogP contribution in [0.1, 0.15) is 18.1 Å². The normalized spacial score (nSPS) is 11.3. The van der Waals surface area contributed by atoms with Crippen LogP contribution in [0.15, 0.2) is 47.6 Å². The number of nitrogens with one attached hydrogen (secondary N) is 2. The largest absolute Gasteiger partial charge is 0.495 e. The number of fused-ring (bicyclic) bond motifs is 1. The summed E-state index contributed by atoms with van der Waals surface area (Å²) in [5.41, 5.74) is 10.5. The number of halogens is 2. The number of aliphatic imine (C=N–C) groups is 1. The maximum absolute atomic E-state index is 6.12. The zero-order chi connectivity index (χ0) is 18.5. The molecule has 0 atom stereocenters. The maximum Gasteiger partial charge on any atom is 0.193 e. The van der Waals surface area contributed by atoms with Gasteiger partial charge in [0, 0.05) is 29.3 Å². The van der Waals surface area contributed by atoms with Gasteiger partial charge in [0.2, 0.25) is 0 Å². The molecule has 27 heavy (non-hydrogen) atoms. The van der Waals surface area contributed by atoms with E-state index in [9.17, 15) is 0 Å². The second kappa shape index (κ2) is 9.85. The molecule has 0 unspecified atom stereocenters. The van der Waals surface area contributed by atoms with E-state index in [0.717, 1.165) is 18.5 Å². The summed E-state index contributed by atoms with van der Waals surface area (Å²) in [4.78, 5) is 7.79. The maximum atomic E-state index is 6.12. The second-order valence-corrected chi connectivity index (χ2v) is 6.41. The van der Waals surface area contributed by atoms with Crippen molar-refractivity contribution >= 4 is 58.1 Å². The average molecular weight is 499 g/mol. The third-order valence-corrected chi connectivity index (χ3v) is 4.65. The third-order valence-electron chi connectivity index (χ3n) is 4.36. The number of guanidine groups is 1. The number of methoxy groups -OCH3 is 1. The second-order valence-electron chi connectivity index (χ2n) is 6.00. The molecule has 2 aromatic carbocycles. The van der Waals surface area contributed by atoms with E-state index in [1.807, 2.05) is 6.07 Å². The summed E-state index contributed by atoms with van der Waals surface area (Å²) in [5.74, 6) is 0.985. The number of para-hydroxylation sites is 1. The van der Waals surface area contributed by atoms with Crippen molar-refractivity contribution in [3.63, 3.8) is 0 Å². The molecule has 5 nitrogen and oxygen atoms in total. The number of nitrogens with zero attached hydrogens (tertiary/aromatic N) is 1. The number of aryl methyl sites for hydroxylation is 1. The van der Waals surface area contributed by atoms with E-state index in [-0.39, 0.29) is 24.0 Å². The van der Waals surface area contributed by atoms with Crippen LogP contribution >= 0.6 is 35.6 Å². The van der Waals surface area contributed by atoms with Gasteiger partial charge in [-0.1, -0.05) is 36.7 Å². The Balaban J connectivity index is 0.00000261. The molecule has 0 fully saturated rings. The Labute approximate surface area is 181 Å². The van der Waals surface area contributed by atoms with E-state index in [4.69, 9.17) is 22.1 Å². The summed E-state index contributed by atoms with van der Waals surface area (Å²) in [6.45, 7) is 2.77. The Morgan fingerprint density at radius 2 is 2.07 bits per heavy atom. The number of ether oxygens (including phenoxy) is 1. The van der Waals surface area contributed by atoms with Gasteiger partial charge in [-0.3, -0.25) is 4.99 Å². The lowest BCUT2D eigenvalue weighted by Gasteiger charge is -2.08. The lowest BCUT2D eigenvalue weighted by molar-refractivity contribution is 0.415. The highest BCUT2D eigenvalue weighted by Gasteiger charge is 2.06. The summed E-state index contributed by atoms with van der Waals surface area (Å²) < 4.78 is 5.14. The summed E-state index contributed by atoms with van der Waals surface area (Å²) in [6, 6.07) is 11.8. The number of hydrogen-bond acceptors (Lipinski definition) is 2. The molecule has 3 aromatic rings. The molecule has 1 heterocycles. The summed E-state index contributed by atoms with van der Waals surface area (Å²) >= 11 is 6.12. The van der Waals surface area contributed by atoms with Crippen molar-refractivity contribution in [2.45, 2.75) is 19.8 Å². The molecule has 0 radical (unpaired) electrons. The smallest absolute Gasteiger partial charge is 0.193 e. The first kappa shape index (κ1) is 21.4. The van der Waals surface area contributed by atoms with E-state index in [1.54, 1.807) is 19.2 Å². The fourth-order valence-electron chi connectivity index (χ4n) is 3.01. The van der Waals surface area contributed by atoms with Crippen molar-refractivity contribution < 1.29 is 4.74 Å². The zero-order valence-corrected chi connectivity index (χ0v) is 18.5. The first-order valence-electron chi connectivity index (χ1n) is 8.60. The number of anilines is 1. The number of nitrogens with two attached hydrogens (primary N) is 1. The highest BCUT2D eigenvalue weighted by atomic mass is 127. The monoisotopic (exact) mass is 498 g/mol. The van der Waals surface area contributed by atoms with Crippen LogP contribution in [0.25, 0.3) is 10.9 Å². The van der Waals surface area contributed by atoms with E-state index in [0.29, 0.717) is 23.3 Å². The minimum absolute atomic E-state index is 0. The minimum atomic E-state index is 0. The van der Waals surface area contributed by atoms with Gasteiger partial charge in [0.05, 0.1) is 12.1 Å². The molecule has 0 aliphatic rings. The zero-order valence-electron chi connectivity index (χ0n) is 15.4. The average Bonchev–Trinajstić information content (AvgIpc) is 3.05. The van der Waals surface area contributed by atoms with Crippen LogP contribution < -0.4 is 15.8 Å². The molecule has 1 aromatic heterocycles. The van der Waals surface area contributed by atoms with Crippen molar-refractivity contribution in [1.29, 1.82) is 0 Å². The van der Waals surface area contributed by atoms with Crippen molar-refractivity contribution in [2.24, 2.45) is 10.7 Å². The predicted molar refractivity (Wildman–Crippen MR) is 125 cm³/mol.